The van der Waals surface area contributed by atoms with Gasteiger partial charge in [0.1, 0.15) is 0 Å². The van der Waals surface area contributed by atoms with Gasteiger partial charge in [-0.15, -0.1) is 0 Å². The average Bonchev–Trinajstić information content (AvgIpc) is 2.71. The van der Waals surface area contributed by atoms with Gasteiger partial charge in [-0.2, -0.15) is 0 Å². The molecule has 0 unspecified atom stereocenters. The van der Waals surface area contributed by atoms with E-state index in [1.165, 1.54) is 24.3 Å². The number of rotatable bonds is 10. The van der Waals surface area contributed by atoms with Crippen molar-refractivity contribution < 1.29 is 21.6 Å². The average molecular weight is 451 g/mol. The van der Waals surface area contributed by atoms with E-state index in [9.17, 15) is 21.6 Å². The molecule has 0 radical (unpaired) electrons. The van der Waals surface area contributed by atoms with E-state index in [0.29, 0.717) is 19.4 Å². The molecule has 162 valence electrons. The molecule has 2 aromatic carbocycles. The summed E-state index contributed by atoms with van der Waals surface area (Å²) in [5, 5.41) is 3.50. The fourth-order valence-electron chi connectivity index (χ4n) is 2.50. The van der Waals surface area contributed by atoms with Crippen LogP contribution in [0.5, 0.6) is 0 Å². The van der Waals surface area contributed by atoms with E-state index in [1.807, 2.05) is 13.8 Å². The van der Waals surface area contributed by atoms with Crippen molar-refractivity contribution in [3.05, 3.63) is 71.1 Å². The van der Waals surface area contributed by atoms with E-state index in [4.69, 9.17) is 0 Å². The summed E-state index contributed by atoms with van der Waals surface area (Å²) in [6.07, 6.45) is 2.18. The largest absolute Gasteiger partial charge is 0.352 e. The number of benzene rings is 2. The summed E-state index contributed by atoms with van der Waals surface area (Å²) in [7, 11) is -7.18. The van der Waals surface area contributed by atoms with E-state index in [2.05, 4.69) is 10.0 Å². The lowest BCUT2D eigenvalue weighted by Crippen LogP contribution is -2.25. The normalized spacial score (nSPS) is 12.2. The van der Waals surface area contributed by atoms with Crippen molar-refractivity contribution in [1.82, 2.24) is 10.0 Å². The molecule has 7 nitrogen and oxygen atoms in total. The van der Waals surface area contributed by atoms with Gasteiger partial charge in [0.2, 0.25) is 15.9 Å². The summed E-state index contributed by atoms with van der Waals surface area (Å²) in [6.45, 7) is 4.40. The first-order valence-electron chi connectivity index (χ1n) is 9.50. The molecule has 0 aliphatic heterocycles. The smallest absolute Gasteiger partial charge is 0.244 e. The van der Waals surface area contributed by atoms with E-state index >= 15 is 0 Å². The summed E-state index contributed by atoms with van der Waals surface area (Å²) in [4.78, 5) is 12.2. The van der Waals surface area contributed by atoms with Crippen molar-refractivity contribution in [2.75, 3.05) is 13.1 Å². The highest BCUT2D eigenvalue weighted by Gasteiger charge is 2.13. The molecule has 0 saturated heterocycles. The van der Waals surface area contributed by atoms with Gasteiger partial charge < -0.3 is 5.32 Å². The van der Waals surface area contributed by atoms with Crippen molar-refractivity contribution in [3.63, 3.8) is 0 Å². The van der Waals surface area contributed by atoms with Gasteiger partial charge in [-0.25, -0.2) is 21.6 Å². The third-order valence-electron chi connectivity index (χ3n) is 4.24. The Hall–Kier alpha value is -2.49. The van der Waals surface area contributed by atoms with Gasteiger partial charge in [-0.3, -0.25) is 4.79 Å². The van der Waals surface area contributed by atoms with Crippen LogP contribution in [0.25, 0.3) is 0 Å². The van der Waals surface area contributed by atoms with Crippen LogP contribution in [0.1, 0.15) is 24.5 Å². The molecular weight excluding hydrogens is 424 g/mol. The summed E-state index contributed by atoms with van der Waals surface area (Å²) in [5.74, 6) is -0.520. The Bertz CT molecular complexity index is 1090. The molecular formula is C21H26N2O5S2. The number of amides is 1. The predicted octanol–water partition coefficient (Wildman–Crippen LogP) is 2.33. The van der Waals surface area contributed by atoms with Gasteiger partial charge >= 0.3 is 0 Å². The molecule has 30 heavy (non-hydrogen) atoms. The first kappa shape index (κ1) is 23.8. The van der Waals surface area contributed by atoms with Crippen LogP contribution in [0.3, 0.4) is 0 Å². The van der Waals surface area contributed by atoms with E-state index < -0.39 is 25.8 Å². The number of sulfonamides is 1. The van der Waals surface area contributed by atoms with Crippen LogP contribution in [0, 0.1) is 6.92 Å². The quantitative estimate of drug-likeness (QED) is 0.540. The Morgan fingerprint density at radius 2 is 1.50 bits per heavy atom. The molecule has 2 rings (SSSR count). The lowest BCUT2D eigenvalue weighted by molar-refractivity contribution is -0.116. The molecule has 0 saturated carbocycles. The van der Waals surface area contributed by atoms with Gasteiger partial charge in [0.15, 0.2) is 9.84 Å². The molecule has 9 heteroatoms. The van der Waals surface area contributed by atoms with Crippen LogP contribution in [-0.4, -0.2) is 35.8 Å². The maximum absolute atomic E-state index is 12.2. The number of hydrogen-bond acceptors (Lipinski definition) is 5. The van der Waals surface area contributed by atoms with Crippen molar-refractivity contribution in [1.29, 1.82) is 0 Å². The Balaban J connectivity index is 1.87. The third kappa shape index (κ3) is 7.08. The number of carbonyl (C=O) groups is 1. The third-order valence-corrected chi connectivity index (χ3v) is 7.14. The van der Waals surface area contributed by atoms with E-state index in [1.54, 1.807) is 24.3 Å². The molecule has 0 heterocycles. The highest BCUT2D eigenvalue weighted by Crippen LogP contribution is 2.13. The maximum Gasteiger partial charge on any atom is 0.244 e. The standard InChI is InChI=1S/C21H26N2O5S2/c1-3-14-23-30(27,28)20-10-6-18(7-11-20)12-15-22-21(24)13-16-29(25,26)19-8-4-17(2)5-9-19/h4-11,13,16,23H,3,12,14-15H2,1-2H3,(H,22,24)/b16-13+. The Morgan fingerprint density at radius 1 is 0.900 bits per heavy atom. The molecule has 2 N–H and O–H groups in total. The van der Waals surface area contributed by atoms with Crippen LogP contribution in [0.15, 0.2) is 69.8 Å². The molecule has 0 aliphatic rings. The second-order valence-corrected chi connectivity index (χ2v) is 10.3. The first-order chi connectivity index (χ1) is 14.1. The first-order valence-corrected chi connectivity index (χ1v) is 12.5. The Labute approximate surface area is 178 Å². The molecule has 0 aromatic heterocycles. The molecule has 0 fully saturated rings. The van der Waals surface area contributed by atoms with Gasteiger partial charge in [0.05, 0.1) is 9.79 Å². The minimum Gasteiger partial charge on any atom is -0.352 e. The lowest BCUT2D eigenvalue weighted by atomic mass is 10.1. The van der Waals surface area contributed by atoms with Gasteiger partial charge in [-0.05, 0) is 49.6 Å². The summed E-state index contributed by atoms with van der Waals surface area (Å²) in [6, 6.07) is 12.8. The van der Waals surface area contributed by atoms with Crippen molar-refractivity contribution >= 4 is 25.8 Å². The number of sulfone groups is 1. The summed E-state index contributed by atoms with van der Waals surface area (Å²) >= 11 is 0. The minimum atomic E-state index is -3.68. The molecule has 1 amide bonds. The van der Waals surface area contributed by atoms with E-state index in [-0.39, 0.29) is 16.3 Å². The Morgan fingerprint density at radius 3 is 2.10 bits per heavy atom. The topological polar surface area (TPSA) is 109 Å². The Kier molecular flexibility index (Phi) is 8.33. The SMILES string of the molecule is CCCNS(=O)(=O)c1ccc(CCNC(=O)/C=C/S(=O)(=O)c2ccc(C)cc2)cc1. The summed E-state index contributed by atoms with van der Waals surface area (Å²) in [5.41, 5.74) is 1.79. The highest BCUT2D eigenvalue weighted by atomic mass is 32.2. The van der Waals surface area contributed by atoms with Crippen molar-refractivity contribution in [3.8, 4) is 0 Å². The molecule has 0 atom stereocenters. The van der Waals surface area contributed by atoms with Crippen LogP contribution >= 0.6 is 0 Å². The molecule has 0 bridgehead atoms. The molecule has 0 spiro atoms. The number of carbonyl (C=O) groups excluding carboxylic acids is 1. The van der Waals surface area contributed by atoms with Crippen molar-refractivity contribution in [2.45, 2.75) is 36.5 Å². The molecule has 2 aromatic rings. The van der Waals surface area contributed by atoms with Gasteiger partial charge in [0.25, 0.3) is 0 Å². The second kappa shape index (κ2) is 10.5. The fourth-order valence-corrected chi connectivity index (χ4v) is 4.61. The van der Waals surface area contributed by atoms with E-state index in [0.717, 1.165) is 22.6 Å². The van der Waals surface area contributed by atoms with Gasteiger partial charge in [-0.1, -0.05) is 36.8 Å². The zero-order chi connectivity index (χ0) is 22.2. The monoisotopic (exact) mass is 450 g/mol. The number of hydrogen-bond donors (Lipinski definition) is 2. The second-order valence-electron chi connectivity index (χ2n) is 6.74. The van der Waals surface area contributed by atoms with Crippen LogP contribution in [0.4, 0.5) is 0 Å². The minimum absolute atomic E-state index is 0.126. The fraction of sp³-hybridized carbons (Fsp3) is 0.286. The van der Waals surface area contributed by atoms with Crippen LogP contribution < -0.4 is 10.0 Å². The molecule has 0 aliphatic carbocycles. The number of nitrogens with one attached hydrogen (secondary N) is 2. The van der Waals surface area contributed by atoms with Crippen molar-refractivity contribution in [2.24, 2.45) is 0 Å². The summed E-state index contributed by atoms with van der Waals surface area (Å²) < 4.78 is 51.0. The predicted molar refractivity (Wildman–Crippen MR) is 116 cm³/mol. The van der Waals surface area contributed by atoms with Gasteiger partial charge in [0, 0.05) is 24.6 Å². The number of aryl methyl sites for hydroxylation is 1. The highest BCUT2D eigenvalue weighted by molar-refractivity contribution is 7.94. The lowest BCUT2D eigenvalue weighted by Gasteiger charge is -2.07. The zero-order valence-corrected chi connectivity index (χ0v) is 18.6. The van der Waals surface area contributed by atoms with Crippen LogP contribution in [0.2, 0.25) is 0 Å². The van der Waals surface area contributed by atoms with Crippen LogP contribution in [-0.2, 0) is 31.1 Å². The maximum atomic E-state index is 12.2. The zero-order valence-electron chi connectivity index (χ0n) is 17.0.